The van der Waals surface area contributed by atoms with Crippen molar-refractivity contribution in [3.63, 3.8) is 0 Å². The molecule has 1 atom stereocenters. The van der Waals surface area contributed by atoms with E-state index in [1.807, 2.05) is 37.6 Å². The third-order valence-electron chi connectivity index (χ3n) is 2.01. The summed E-state index contributed by atoms with van der Waals surface area (Å²) in [4.78, 5) is 11.3. The first-order valence-electron chi connectivity index (χ1n) is 5.55. The Kier molecular flexibility index (Phi) is 4.96. The minimum Gasteiger partial charge on any atom is -0.444 e. The smallest absolute Gasteiger partial charge is 0.407 e. The summed E-state index contributed by atoms with van der Waals surface area (Å²) in [6.07, 6.45) is -0.498. The molecule has 0 saturated heterocycles. The summed E-state index contributed by atoms with van der Waals surface area (Å²) in [6, 6.07) is 1.88. The standard InChI is InChI=1S/C12H19NO3S/c1-12(2,3)16-11(15)13-6-4-10(14)9-5-7-17-8-9/h5,7-8,10,14H,4,6H2,1-3H3,(H,13,15). The number of hydrogen-bond acceptors (Lipinski definition) is 4. The number of carbonyl (C=O) groups excluding carboxylic acids is 1. The van der Waals surface area contributed by atoms with Gasteiger partial charge in [0.2, 0.25) is 0 Å². The number of rotatable bonds is 4. The number of nitrogens with one attached hydrogen (secondary N) is 1. The minimum atomic E-state index is -0.531. The molecule has 0 aliphatic heterocycles. The highest BCUT2D eigenvalue weighted by molar-refractivity contribution is 7.07. The lowest BCUT2D eigenvalue weighted by Crippen LogP contribution is -2.33. The highest BCUT2D eigenvalue weighted by Gasteiger charge is 2.16. The van der Waals surface area contributed by atoms with Crippen molar-refractivity contribution < 1.29 is 14.6 Å². The number of carbonyl (C=O) groups is 1. The van der Waals surface area contributed by atoms with Gasteiger partial charge in [-0.1, -0.05) is 0 Å². The van der Waals surface area contributed by atoms with Crippen LogP contribution in [0.5, 0.6) is 0 Å². The maximum absolute atomic E-state index is 11.3. The Morgan fingerprint density at radius 1 is 1.59 bits per heavy atom. The molecule has 1 unspecified atom stereocenters. The zero-order valence-electron chi connectivity index (χ0n) is 10.4. The molecule has 0 radical (unpaired) electrons. The molecule has 0 aromatic carbocycles. The van der Waals surface area contributed by atoms with E-state index in [4.69, 9.17) is 4.74 Å². The van der Waals surface area contributed by atoms with Crippen molar-refractivity contribution in [2.45, 2.75) is 38.9 Å². The molecule has 5 heteroatoms. The van der Waals surface area contributed by atoms with Crippen molar-refractivity contribution in [1.82, 2.24) is 5.32 Å². The van der Waals surface area contributed by atoms with Crippen LogP contribution in [0.4, 0.5) is 4.79 Å². The third-order valence-corrected chi connectivity index (χ3v) is 2.72. The van der Waals surface area contributed by atoms with Crippen LogP contribution in [0.2, 0.25) is 0 Å². The van der Waals surface area contributed by atoms with Crippen LogP contribution >= 0.6 is 11.3 Å². The molecule has 4 nitrogen and oxygen atoms in total. The van der Waals surface area contributed by atoms with Crippen molar-refractivity contribution in [3.8, 4) is 0 Å². The second-order valence-electron chi connectivity index (χ2n) is 4.79. The van der Waals surface area contributed by atoms with Gasteiger partial charge < -0.3 is 15.2 Å². The molecular weight excluding hydrogens is 238 g/mol. The monoisotopic (exact) mass is 257 g/mol. The molecule has 1 aromatic rings. The van der Waals surface area contributed by atoms with E-state index in [1.54, 1.807) is 11.3 Å². The van der Waals surface area contributed by atoms with Gasteiger partial charge in [-0.2, -0.15) is 11.3 Å². The topological polar surface area (TPSA) is 58.6 Å². The van der Waals surface area contributed by atoms with Gasteiger partial charge in [0, 0.05) is 6.54 Å². The number of aliphatic hydroxyl groups is 1. The highest BCUT2D eigenvalue weighted by Crippen LogP contribution is 2.18. The van der Waals surface area contributed by atoms with Crippen LogP contribution < -0.4 is 5.32 Å². The molecule has 0 bridgehead atoms. The lowest BCUT2D eigenvalue weighted by molar-refractivity contribution is 0.0518. The molecular formula is C12H19NO3S. The SMILES string of the molecule is CC(C)(C)OC(=O)NCCC(O)c1ccsc1. The zero-order valence-corrected chi connectivity index (χ0v) is 11.2. The predicted octanol–water partition coefficient (Wildman–Crippen LogP) is 2.70. The Morgan fingerprint density at radius 3 is 2.82 bits per heavy atom. The average molecular weight is 257 g/mol. The quantitative estimate of drug-likeness (QED) is 0.872. The first-order chi connectivity index (χ1) is 7.88. The van der Waals surface area contributed by atoms with Gasteiger partial charge in [-0.25, -0.2) is 4.79 Å². The number of thiophene rings is 1. The van der Waals surface area contributed by atoms with Gasteiger partial charge in [-0.3, -0.25) is 0 Å². The molecule has 2 N–H and O–H groups in total. The van der Waals surface area contributed by atoms with Crippen LogP contribution in [0.3, 0.4) is 0 Å². The van der Waals surface area contributed by atoms with Gasteiger partial charge in [-0.05, 0) is 49.6 Å². The van der Waals surface area contributed by atoms with Gasteiger partial charge in [0.1, 0.15) is 5.60 Å². The molecule has 1 aromatic heterocycles. The summed E-state index contributed by atoms with van der Waals surface area (Å²) < 4.78 is 5.08. The average Bonchev–Trinajstić information content (AvgIpc) is 2.66. The summed E-state index contributed by atoms with van der Waals surface area (Å²) in [7, 11) is 0. The van der Waals surface area contributed by atoms with Crippen LogP contribution in [0.1, 0.15) is 38.9 Å². The van der Waals surface area contributed by atoms with E-state index < -0.39 is 17.8 Å². The van der Waals surface area contributed by atoms with E-state index in [1.165, 1.54) is 0 Å². The minimum absolute atomic E-state index is 0.395. The maximum atomic E-state index is 11.3. The van der Waals surface area contributed by atoms with Crippen molar-refractivity contribution in [2.24, 2.45) is 0 Å². The Labute approximate surface area is 106 Å². The molecule has 0 aliphatic rings. The second kappa shape index (κ2) is 6.02. The van der Waals surface area contributed by atoms with Crippen molar-refractivity contribution >= 4 is 17.4 Å². The first kappa shape index (κ1) is 14.0. The summed E-state index contributed by atoms with van der Waals surface area (Å²) in [5.74, 6) is 0. The van der Waals surface area contributed by atoms with Crippen LogP contribution in [0.15, 0.2) is 16.8 Å². The van der Waals surface area contributed by atoms with E-state index in [0.29, 0.717) is 13.0 Å². The summed E-state index contributed by atoms with van der Waals surface area (Å²) in [6.45, 7) is 5.83. The zero-order chi connectivity index (χ0) is 12.9. The molecule has 96 valence electrons. The van der Waals surface area contributed by atoms with Gasteiger partial charge in [0.05, 0.1) is 6.10 Å². The van der Waals surface area contributed by atoms with Crippen LogP contribution in [0, 0.1) is 0 Å². The molecule has 0 saturated carbocycles. The van der Waals surface area contributed by atoms with Crippen molar-refractivity contribution in [2.75, 3.05) is 6.54 Å². The molecule has 1 rings (SSSR count). The van der Waals surface area contributed by atoms with Gasteiger partial charge in [0.15, 0.2) is 0 Å². The molecule has 0 spiro atoms. The Balaban J connectivity index is 2.22. The summed E-state index contributed by atoms with van der Waals surface area (Å²) in [5.41, 5.74) is 0.400. The van der Waals surface area contributed by atoms with Crippen LogP contribution in [0.25, 0.3) is 0 Å². The van der Waals surface area contributed by atoms with Crippen LogP contribution in [-0.4, -0.2) is 23.3 Å². The van der Waals surface area contributed by atoms with E-state index in [2.05, 4.69) is 5.32 Å². The van der Waals surface area contributed by atoms with E-state index in [0.717, 1.165) is 5.56 Å². The summed E-state index contributed by atoms with van der Waals surface area (Å²) >= 11 is 1.54. The summed E-state index contributed by atoms with van der Waals surface area (Å²) in [5, 5.41) is 16.2. The lowest BCUT2D eigenvalue weighted by atomic mass is 10.1. The number of ether oxygens (including phenoxy) is 1. The van der Waals surface area contributed by atoms with E-state index in [-0.39, 0.29) is 0 Å². The van der Waals surface area contributed by atoms with Gasteiger partial charge in [-0.15, -0.1) is 0 Å². The number of alkyl carbamates (subject to hydrolysis) is 1. The normalized spacial score (nSPS) is 13.2. The number of amides is 1. The fraction of sp³-hybridized carbons (Fsp3) is 0.583. The molecule has 0 aliphatic carbocycles. The third kappa shape index (κ3) is 5.70. The fourth-order valence-electron chi connectivity index (χ4n) is 1.26. The number of hydrogen-bond donors (Lipinski definition) is 2. The Hall–Kier alpha value is -1.07. The Bertz CT molecular complexity index is 343. The largest absolute Gasteiger partial charge is 0.444 e. The van der Waals surface area contributed by atoms with E-state index in [9.17, 15) is 9.90 Å². The first-order valence-corrected chi connectivity index (χ1v) is 6.50. The highest BCUT2D eigenvalue weighted by atomic mass is 32.1. The maximum Gasteiger partial charge on any atom is 0.407 e. The second-order valence-corrected chi connectivity index (χ2v) is 5.57. The molecule has 17 heavy (non-hydrogen) atoms. The van der Waals surface area contributed by atoms with Crippen LogP contribution in [-0.2, 0) is 4.74 Å². The fourth-order valence-corrected chi connectivity index (χ4v) is 1.96. The van der Waals surface area contributed by atoms with Gasteiger partial charge in [0.25, 0.3) is 0 Å². The van der Waals surface area contributed by atoms with Gasteiger partial charge >= 0.3 is 6.09 Å². The van der Waals surface area contributed by atoms with Crippen molar-refractivity contribution in [1.29, 1.82) is 0 Å². The molecule has 1 heterocycles. The van der Waals surface area contributed by atoms with Crippen molar-refractivity contribution in [3.05, 3.63) is 22.4 Å². The predicted molar refractivity (Wildman–Crippen MR) is 68.1 cm³/mol. The Morgan fingerprint density at radius 2 is 2.29 bits per heavy atom. The molecule has 1 amide bonds. The lowest BCUT2D eigenvalue weighted by Gasteiger charge is -2.20. The molecule has 0 fully saturated rings. The number of aliphatic hydroxyl groups excluding tert-OH is 1. The van der Waals surface area contributed by atoms with E-state index >= 15 is 0 Å².